The molecule has 0 saturated heterocycles. The molecule has 128 valence electrons. The molecule has 0 aliphatic heterocycles. The summed E-state index contributed by atoms with van der Waals surface area (Å²) in [7, 11) is 1.59. The zero-order chi connectivity index (χ0) is 17.8. The average molecular weight is 353 g/mol. The molecule has 0 saturated carbocycles. The number of hydrogen-bond acceptors (Lipinski definition) is 4. The highest BCUT2D eigenvalue weighted by Gasteiger charge is 2.10. The molecular formula is C19H19N3O2S. The summed E-state index contributed by atoms with van der Waals surface area (Å²) >= 11 is 1.40. The fourth-order valence-electron chi connectivity index (χ4n) is 2.52. The quantitative estimate of drug-likeness (QED) is 0.687. The number of methoxy groups -OCH3 is 1. The van der Waals surface area contributed by atoms with E-state index in [0.717, 1.165) is 16.8 Å². The Morgan fingerprint density at radius 3 is 2.72 bits per heavy atom. The summed E-state index contributed by atoms with van der Waals surface area (Å²) in [5, 5.41) is 8.03. The largest absolute Gasteiger partial charge is 0.497 e. The predicted octanol–water partition coefficient (Wildman–Crippen LogP) is 5.08. The van der Waals surface area contributed by atoms with Crippen molar-refractivity contribution in [1.82, 2.24) is 4.98 Å². The first kappa shape index (κ1) is 17.0. The Morgan fingerprint density at radius 1 is 1.12 bits per heavy atom. The molecule has 3 rings (SSSR count). The Labute approximate surface area is 150 Å². The first-order chi connectivity index (χ1) is 12.0. The van der Waals surface area contributed by atoms with Crippen LogP contribution in [0.2, 0.25) is 0 Å². The highest BCUT2D eigenvalue weighted by molar-refractivity contribution is 7.14. The van der Waals surface area contributed by atoms with Crippen LogP contribution < -0.4 is 15.4 Å². The van der Waals surface area contributed by atoms with Crippen LogP contribution in [0.5, 0.6) is 5.75 Å². The summed E-state index contributed by atoms with van der Waals surface area (Å²) in [5.74, 6) is 0.684. The molecule has 0 bridgehead atoms. The van der Waals surface area contributed by atoms with E-state index >= 15 is 0 Å². The van der Waals surface area contributed by atoms with Crippen LogP contribution in [0.1, 0.15) is 11.1 Å². The molecule has 0 spiro atoms. The van der Waals surface area contributed by atoms with E-state index in [1.165, 1.54) is 16.9 Å². The SMILES string of the molecule is COc1cccc(NC(=O)Nc2nc(-c3ccc(C)cc3C)cs2)c1. The number of aryl methyl sites for hydroxylation is 2. The van der Waals surface area contributed by atoms with E-state index in [2.05, 4.69) is 47.7 Å². The van der Waals surface area contributed by atoms with Gasteiger partial charge in [-0.25, -0.2) is 9.78 Å². The fraction of sp³-hybridized carbons (Fsp3) is 0.158. The Kier molecular flexibility index (Phi) is 5.00. The molecule has 3 aromatic rings. The molecule has 2 amide bonds. The van der Waals surface area contributed by atoms with Crippen LogP contribution in [0.4, 0.5) is 15.6 Å². The number of hydrogen-bond donors (Lipinski definition) is 2. The van der Waals surface area contributed by atoms with Crippen molar-refractivity contribution in [3.05, 3.63) is 59.0 Å². The van der Waals surface area contributed by atoms with Crippen LogP contribution in [-0.2, 0) is 0 Å². The molecule has 0 atom stereocenters. The number of benzene rings is 2. The molecule has 1 aromatic heterocycles. The summed E-state index contributed by atoms with van der Waals surface area (Å²) in [6, 6.07) is 13.1. The maximum atomic E-state index is 12.1. The van der Waals surface area contributed by atoms with Gasteiger partial charge in [0.2, 0.25) is 0 Å². The molecule has 0 fully saturated rings. The number of amides is 2. The van der Waals surface area contributed by atoms with Crippen LogP contribution in [-0.4, -0.2) is 18.1 Å². The van der Waals surface area contributed by atoms with Crippen molar-refractivity contribution in [2.45, 2.75) is 13.8 Å². The molecule has 2 aromatic carbocycles. The number of nitrogens with one attached hydrogen (secondary N) is 2. The molecule has 2 N–H and O–H groups in total. The topological polar surface area (TPSA) is 63.2 Å². The van der Waals surface area contributed by atoms with Gasteiger partial charge < -0.3 is 10.1 Å². The lowest BCUT2D eigenvalue weighted by Gasteiger charge is -2.07. The standard InChI is InChI=1S/C19H19N3O2S/c1-12-7-8-16(13(2)9-12)17-11-25-19(21-17)22-18(23)20-14-5-4-6-15(10-14)24-3/h4-11H,1-3H3,(H2,20,21,22,23). The van der Waals surface area contributed by atoms with Gasteiger partial charge >= 0.3 is 6.03 Å². The number of anilines is 2. The first-order valence-electron chi connectivity index (χ1n) is 7.80. The number of aromatic nitrogens is 1. The summed E-state index contributed by atoms with van der Waals surface area (Å²) in [6.07, 6.45) is 0. The minimum Gasteiger partial charge on any atom is -0.497 e. The molecule has 0 radical (unpaired) electrons. The van der Waals surface area contributed by atoms with Crippen molar-refractivity contribution in [2.24, 2.45) is 0 Å². The number of carbonyl (C=O) groups excluding carboxylic acids is 1. The number of ether oxygens (including phenoxy) is 1. The van der Waals surface area contributed by atoms with E-state index in [1.807, 2.05) is 17.5 Å². The van der Waals surface area contributed by atoms with Crippen molar-refractivity contribution in [1.29, 1.82) is 0 Å². The van der Waals surface area contributed by atoms with Crippen molar-refractivity contribution in [3.8, 4) is 17.0 Å². The number of thiazole rings is 1. The Morgan fingerprint density at radius 2 is 1.96 bits per heavy atom. The maximum absolute atomic E-state index is 12.1. The van der Waals surface area contributed by atoms with Crippen molar-refractivity contribution < 1.29 is 9.53 Å². The van der Waals surface area contributed by atoms with Gasteiger partial charge in [0, 0.05) is 22.7 Å². The number of carbonyl (C=O) groups is 1. The third kappa shape index (κ3) is 4.16. The smallest absolute Gasteiger partial charge is 0.325 e. The van der Waals surface area contributed by atoms with Gasteiger partial charge in [0.05, 0.1) is 12.8 Å². The Bertz CT molecular complexity index is 905. The van der Waals surface area contributed by atoms with E-state index in [1.54, 1.807) is 19.2 Å². The zero-order valence-corrected chi connectivity index (χ0v) is 15.1. The summed E-state index contributed by atoms with van der Waals surface area (Å²) in [4.78, 5) is 16.7. The van der Waals surface area contributed by atoms with Gasteiger partial charge in [-0.05, 0) is 31.5 Å². The summed E-state index contributed by atoms with van der Waals surface area (Å²) in [6.45, 7) is 4.12. The molecule has 0 aliphatic carbocycles. The van der Waals surface area contributed by atoms with Crippen LogP contribution in [0.3, 0.4) is 0 Å². The average Bonchev–Trinajstić information content (AvgIpc) is 3.03. The molecule has 6 heteroatoms. The molecule has 0 aliphatic rings. The zero-order valence-electron chi connectivity index (χ0n) is 14.3. The van der Waals surface area contributed by atoms with Crippen LogP contribution >= 0.6 is 11.3 Å². The van der Waals surface area contributed by atoms with Crippen LogP contribution in [0, 0.1) is 13.8 Å². The van der Waals surface area contributed by atoms with E-state index in [0.29, 0.717) is 16.6 Å². The van der Waals surface area contributed by atoms with Crippen LogP contribution in [0.25, 0.3) is 11.3 Å². The van der Waals surface area contributed by atoms with Gasteiger partial charge in [-0.15, -0.1) is 11.3 Å². The van der Waals surface area contributed by atoms with Gasteiger partial charge in [-0.2, -0.15) is 0 Å². The minimum atomic E-state index is -0.338. The highest BCUT2D eigenvalue weighted by Crippen LogP contribution is 2.28. The number of urea groups is 1. The Balaban J connectivity index is 1.69. The van der Waals surface area contributed by atoms with Gasteiger partial charge in [0.15, 0.2) is 5.13 Å². The van der Waals surface area contributed by atoms with Gasteiger partial charge in [-0.1, -0.05) is 29.8 Å². The maximum Gasteiger partial charge on any atom is 0.325 e. The van der Waals surface area contributed by atoms with E-state index in [4.69, 9.17) is 4.74 Å². The monoisotopic (exact) mass is 353 g/mol. The molecule has 25 heavy (non-hydrogen) atoms. The fourth-order valence-corrected chi connectivity index (χ4v) is 3.22. The second kappa shape index (κ2) is 7.36. The lowest BCUT2D eigenvalue weighted by Crippen LogP contribution is -2.19. The van der Waals surface area contributed by atoms with E-state index < -0.39 is 0 Å². The van der Waals surface area contributed by atoms with Crippen LogP contribution in [0.15, 0.2) is 47.8 Å². The van der Waals surface area contributed by atoms with Gasteiger partial charge in [0.25, 0.3) is 0 Å². The highest BCUT2D eigenvalue weighted by atomic mass is 32.1. The Hall–Kier alpha value is -2.86. The summed E-state index contributed by atoms with van der Waals surface area (Å²) < 4.78 is 5.14. The van der Waals surface area contributed by atoms with Crippen molar-refractivity contribution in [3.63, 3.8) is 0 Å². The lowest BCUT2D eigenvalue weighted by molar-refractivity contribution is 0.262. The van der Waals surface area contributed by atoms with E-state index in [9.17, 15) is 4.79 Å². The van der Waals surface area contributed by atoms with Gasteiger partial charge in [-0.3, -0.25) is 5.32 Å². The molecule has 1 heterocycles. The van der Waals surface area contributed by atoms with Crippen molar-refractivity contribution >= 4 is 28.2 Å². The van der Waals surface area contributed by atoms with Gasteiger partial charge in [0.1, 0.15) is 5.75 Å². The first-order valence-corrected chi connectivity index (χ1v) is 8.68. The normalized spacial score (nSPS) is 10.4. The third-order valence-corrected chi connectivity index (χ3v) is 4.47. The lowest BCUT2D eigenvalue weighted by atomic mass is 10.0. The van der Waals surface area contributed by atoms with Crippen molar-refractivity contribution in [2.75, 3.05) is 17.7 Å². The second-order valence-electron chi connectivity index (χ2n) is 5.67. The number of rotatable bonds is 4. The third-order valence-electron chi connectivity index (χ3n) is 3.71. The second-order valence-corrected chi connectivity index (χ2v) is 6.53. The number of nitrogens with zero attached hydrogens (tertiary/aromatic N) is 1. The van der Waals surface area contributed by atoms with E-state index in [-0.39, 0.29) is 6.03 Å². The molecule has 5 nitrogen and oxygen atoms in total. The molecule has 0 unspecified atom stereocenters. The predicted molar refractivity (Wildman–Crippen MR) is 103 cm³/mol. The minimum absolute atomic E-state index is 0.338. The summed E-state index contributed by atoms with van der Waals surface area (Å²) in [5.41, 5.74) is 4.97. The molecular weight excluding hydrogens is 334 g/mol.